The number of benzene rings is 3. The quantitative estimate of drug-likeness (QED) is 0.279. The standard InChI is InChI=1S/C27H21N3O3S/c1-32-23-14-7-15-24-25(23)29-27(34-24)30(18-19-9-8-16-28-17-19)26(31)21-12-5-6-13-22(21)33-20-10-3-2-4-11-20/h2-17H,18H2,1H3. The SMILES string of the molecule is COc1cccc2sc(N(Cc3cccnc3)C(=O)c3ccccc3Oc3ccccc3)nc12. The number of carbonyl (C=O) groups excluding carboxylic acids is 1. The fourth-order valence-corrected chi connectivity index (χ4v) is 4.57. The predicted octanol–water partition coefficient (Wildman–Crippen LogP) is 6.34. The van der Waals surface area contributed by atoms with Gasteiger partial charge in [-0.25, -0.2) is 4.98 Å². The van der Waals surface area contributed by atoms with E-state index in [-0.39, 0.29) is 5.91 Å². The number of aromatic nitrogens is 2. The number of hydrogen-bond acceptors (Lipinski definition) is 6. The monoisotopic (exact) mass is 467 g/mol. The fraction of sp³-hybridized carbons (Fsp3) is 0.0741. The average Bonchev–Trinajstić information content (AvgIpc) is 3.33. The first kappa shape index (κ1) is 21.6. The van der Waals surface area contributed by atoms with Crippen LogP contribution in [0.3, 0.4) is 0 Å². The molecule has 5 aromatic rings. The van der Waals surface area contributed by atoms with Crippen LogP contribution < -0.4 is 14.4 Å². The zero-order valence-corrected chi connectivity index (χ0v) is 19.2. The highest BCUT2D eigenvalue weighted by atomic mass is 32.1. The molecule has 0 aliphatic carbocycles. The lowest BCUT2D eigenvalue weighted by molar-refractivity contribution is 0.0983. The van der Waals surface area contributed by atoms with Crippen molar-refractivity contribution in [1.82, 2.24) is 9.97 Å². The van der Waals surface area contributed by atoms with Crippen molar-refractivity contribution < 1.29 is 14.3 Å². The van der Waals surface area contributed by atoms with Crippen molar-refractivity contribution in [3.8, 4) is 17.2 Å². The maximum atomic E-state index is 14.0. The number of amides is 1. The molecule has 6 nitrogen and oxygen atoms in total. The number of fused-ring (bicyclic) bond motifs is 1. The van der Waals surface area contributed by atoms with E-state index in [9.17, 15) is 4.79 Å². The molecule has 0 saturated heterocycles. The Morgan fingerprint density at radius 2 is 1.71 bits per heavy atom. The number of nitrogens with zero attached hydrogens (tertiary/aromatic N) is 3. The number of ether oxygens (including phenoxy) is 2. The Morgan fingerprint density at radius 3 is 2.50 bits per heavy atom. The predicted molar refractivity (Wildman–Crippen MR) is 134 cm³/mol. The zero-order valence-electron chi connectivity index (χ0n) is 18.4. The lowest BCUT2D eigenvalue weighted by Gasteiger charge is -2.21. The second kappa shape index (κ2) is 9.72. The van der Waals surface area contributed by atoms with Gasteiger partial charge in [0.1, 0.15) is 22.8 Å². The summed E-state index contributed by atoms with van der Waals surface area (Å²) in [6.07, 6.45) is 3.46. The molecule has 0 N–H and O–H groups in total. The number of carbonyl (C=O) groups is 1. The normalized spacial score (nSPS) is 10.7. The first-order valence-corrected chi connectivity index (χ1v) is 11.5. The molecule has 2 heterocycles. The highest BCUT2D eigenvalue weighted by Crippen LogP contribution is 2.36. The number of pyridine rings is 1. The molecular weight excluding hydrogens is 446 g/mol. The van der Waals surface area contributed by atoms with E-state index in [4.69, 9.17) is 14.5 Å². The Morgan fingerprint density at radius 1 is 0.912 bits per heavy atom. The van der Waals surface area contributed by atoms with Crippen LogP contribution in [0.15, 0.2) is 97.3 Å². The van der Waals surface area contributed by atoms with Gasteiger partial charge in [-0.3, -0.25) is 14.7 Å². The Balaban J connectivity index is 1.57. The van der Waals surface area contributed by atoms with Gasteiger partial charge >= 0.3 is 0 Å². The van der Waals surface area contributed by atoms with Crippen LogP contribution in [0.25, 0.3) is 10.2 Å². The molecule has 34 heavy (non-hydrogen) atoms. The van der Waals surface area contributed by atoms with Crippen molar-refractivity contribution >= 4 is 32.6 Å². The summed E-state index contributed by atoms with van der Waals surface area (Å²) < 4.78 is 12.5. The first-order chi connectivity index (χ1) is 16.7. The van der Waals surface area contributed by atoms with E-state index in [2.05, 4.69) is 4.98 Å². The second-order valence-corrected chi connectivity index (χ2v) is 8.48. The van der Waals surface area contributed by atoms with Gasteiger partial charge in [-0.2, -0.15) is 0 Å². The minimum atomic E-state index is -0.214. The Bertz CT molecular complexity index is 1420. The van der Waals surface area contributed by atoms with Crippen LogP contribution in [0, 0.1) is 0 Å². The minimum absolute atomic E-state index is 0.214. The van der Waals surface area contributed by atoms with Gasteiger partial charge in [0.2, 0.25) is 0 Å². The Labute approximate surface area is 201 Å². The number of hydrogen-bond donors (Lipinski definition) is 0. The summed E-state index contributed by atoms with van der Waals surface area (Å²) in [7, 11) is 1.61. The van der Waals surface area contributed by atoms with Gasteiger partial charge < -0.3 is 9.47 Å². The van der Waals surface area contributed by atoms with Crippen molar-refractivity contribution in [1.29, 1.82) is 0 Å². The molecule has 0 saturated carbocycles. The van der Waals surface area contributed by atoms with Gasteiger partial charge in [0.05, 0.1) is 23.9 Å². The van der Waals surface area contributed by atoms with Crippen LogP contribution in [-0.4, -0.2) is 23.0 Å². The number of para-hydroxylation sites is 3. The molecule has 2 aromatic heterocycles. The molecular formula is C27H21N3O3S. The molecule has 0 fully saturated rings. The molecule has 0 unspecified atom stereocenters. The van der Waals surface area contributed by atoms with Crippen molar-refractivity contribution in [2.24, 2.45) is 0 Å². The van der Waals surface area contributed by atoms with Gasteiger partial charge in [-0.15, -0.1) is 0 Å². The molecule has 0 aliphatic rings. The largest absolute Gasteiger partial charge is 0.494 e. The van der Waals surface area contributed by atoms with Gasteiger partial charge in [0.25, 0.3) is 5.91 Å². The van der Waals surface area contributed by atoms with Crippen LogP contribution in [0.1, 0.15) is 15.9 Å². The van der Waals surface area contributed by atoms with Crippen LogP contribution >= 0.6 is 11.3 Å². The third kappa shape index (κ3) is 4.46. The van der Waals surface area contributed by atoms with E-state index in [0.717, 1.165) is 15.8 Å². The maximum Gasteiger partial charge on any atom is 0.264 e. The summed E-state index contributed by atoms with van der Waals surface area (Å²) in [5, 5.41) is 0.572. The van der Waals surface area contributed by atoms with Gasteiger partial charge in [0, 0.05) is 12.4 Å². The molecule has 0 bridgehead atoms. The summed E-state index contributed by atoms with van der Waals surface area (Å²) in [6, 6.07) is 26.2. The third-order valence-electron chi connectivity index (χ3n) is 5.22. The van der Waals surface area contributed by atoms with Crippen LogP contribution in [-0.2, 0) is 6.54 Å². The van der Waals surface area contributed by atoms with Crippen LogP contribution in [0.4, 0.5) is 5.13 Å². The summed E-state index contributed by atoms with van der Waals surface area (Å²) >= 11 is 1.44. The Kier molecular flexibility index (Phi) is 6.18. The van der Waals surface area contributed by atoms with Gasteiger partial charge in [-0.05, 0) is 48.0 Å². The lowest BCUT2D eigenvalue weighted by Crippen LogP contribution is -2.30. The smallest absolute Gasteiger partial charge is 0.264 e. The van der Waals surface area contributed by atoms with E-state index in [0.29, 0.717) is 34.5 Å². The third-order valence-corrected chi connectivity index (χ3v) is 6.26. The topological polar surface area (TPSA) is 64.5 Å². The summed E-state index contributed by atoms with van der Waals surface area (Å²) in [5.74, 6) is 1.59. The molecule has 3 aromatic carbocycles. The van der Waals surface area contributed by atoms with E-state index >= 15 is 0 Å². The average molecular weight is 468 g/mol. The molecule has 0 aliphatic heterocycles. The van der Waals surface area contributed by atoms with Crippen molar-refractivity contribution in [3.05, 3.63) is 108 Å². The maximum absolute atomic E-state index is 14.0. The summed E-state index contributed by atoms with van der Waals surface area (Å²) in [6.45, 7) is 0.314. The summed E-state index contributed by atoms with van der Waals surface area (Å²) in [5.41, 5.74) is 2.06. The summed E-state index contributed by atoms with van der Waals surface area (Å²) in [4.78, 5) is 24.6. The van der Waals surface area contributed by atoms with E-state index in [1.807, 2.05) is 72.8 Å². The highest BCUT2D eigenvalue weighted by molar-refractivity contribution is 7.22. The van der Waals surface area contributed by atoms with Gasteiger partial charge in [0.15, 0.2) is 5.13 Å². The molecule has 5 rings (SSSR count). The lowest BCUT2D eigenvalue weighted by atomic mass is 10.1. The zero-order chi connectivity index (χ0) is 23.3. The van der Waals surface area contributed by atoms with E-state index < -0.39 is 0 Å². The second-order valence-electron chi connectivity index (χ2n) is 7.47. The molecule has 168 valence electrons. The van der Waals surface area contributed by atoms with E-state index in [1.165, 1.54) is 11.3 Å². The minimum Gasteiger partial charge on any atom is -0.494 e. The number of rotatable bonds is 7. The van der Waals surface area contributed by atoms with Gasteiger partial charge in [-0.1, -0.05) is 53.8 Å². The molecule has 0 atom stereocenters. The van der Waals surface area contributed by atoms with Crippen LogP contribution in [0.2, 0.25) is 0 Å². The first-order valence-electron chi connectivity index (χ1n) is 10.7. The van der Waals surface area contributed by atoms with Crippen molar-refractivity contribution in [2.45, 2.75) is 6.54 Å². The number of anilines is 1. The van der Waals surface area contributed by atoms with Crippen molar-refractivity contribution in [2.75, 3.05) is 12.0 Å². The Hall–Kier alpha value is -4.23. The molecule has 7 heteroatoms. The molecule has 0 radical (unpaired) electrons. The molecule has 0 spiro atoms. The van der Waals surface area contributed by atoms with E-state index in [1.54, 1.807) is 36.5 Å². The number of methoxy groups -OCH3 is 1. The van der Waals surface area contributed by atoms with Crippen LogP contribution in [0.5, 0.6) is 17.2 Å². The highest BCUT2D eigenvalue weighted by Gasteiger charge is 2.25. The van der Waals surface area contributed by atoms with Crippen molar-refractivity contribution in [3.63, 3.8) is 0 Å². The fourth-order valence-electron chi connectivity index (χ4n) is 3.59. The molecule has 1 amide bonds. The number of thiazole rings is 1.